The molecule has 0 saturated carbocycles. The SMILES string of the molecule is COCC(O)CSc1c(Br)c(Cl)cc2c(=O)[nH]c(=O)[nH]c12. The fourth-order valence-electron chi connectivity index (χ4n) is 1.78. The molecule has 1 aromatic heterocycles. The summed E-state index contributed by atoms with van der Waals surface area (Å²) >= 11 is 10.7. The van der Waals surface area contributed by atoms with Crippen molar-refractivity contribution in [3.8, 4) is 0 Å². The molecule has 114 valence electrons. The van der Waals surface area contributed by atoms with Crippen LogP contribution in [0.4, 0.5) is 0 Å². The number of fused-ring (bicyclic) bond motifs is 1. The van der Waals surface area contributed by atoms with Gasteiger partial charge in [0.25, 0.3) is 5.56 Å². The van der Waals surface area contributed by atoms with Crippen molar-refractivity contribution in [3.63, 3.8) is 0 Å². The van der Waals surface area contributed by atoms with Crippen molar-refractivity contribution < 1.29 is 9.84 Å². The lowest BCUT2D eigenvalue weighted by molar-refractivity contribution is 0.0794. The highest BCUT2D eigenvalue weighted by molar-refractivity contribution is 9.10. The van der Waals surface area contributed by atoms with Gasteiger partial charge in [-0.1, -0.05) is 11.6 Å². The van der Waals surface area contributed by atoms with Crippen LogP contribution in [0.3, 0.4) is 0 Å². The second-order valence-electron chi connectivity index (χ2n) is 4.25. The van der Waals surface area contributed by atoms with Crippen LogP contribution in [0.1, 0.15) is 0 Å². The number of rotatable bonds is 5. The topological polar surface area (TPSA) is 95.2 Å². The number of ether oxygens (including phenoxy) is 1. The number of hydrogen-bond acceptors (Lipinski definition) is 5. The highest BCUT2D eigenvalue weighted by Crippen LogP contribution is 2.37. The van der Waals surface area contributed by atoms with Crippen molar-refractivity contribution in [2.75, 3.05) is 19.5 Å². The Labute approximate surface area is 137 Å². The third-order valence-electron chi connectivity index (χ3n) is 2.67. The molecular formula is C12H12BrClN2O4S. The molecule has 21 heavy (non-hydrogen) atoms. The molecule has 0 aliphatic heterocycles. The van der Waals surface area contributed by atoms with Gasteiger partial charge in [-0.15, -0.1) is 11.8 Å². The Morgan fingerprint density at radius 1 is 1.48 bits per heavy atom. The van der Waals surface area contributed by atoms with E-state index in [2.05, 4.69) is 25.9 Å². The zero-order valence-corrected chi connectivity index (χ0v) is 14.1. The predicted molar refractivity (Wildman–Crippen MR) is 86.5 cm³/mol. The summed E-state index contributed by atoms with van der Waals surface area (Å²) in [4.78, 5) is 28.6. The molecule has 0 aliphatic carbocycles. The van der Waals surface area contributed by atoms with Gasteiger partial charge in [0.05, 0.1) is 33.1 Å². The van der Waals surface area contributed by atoms with E-state index in [4.69, 9.17) is 16.3 Å². The van der Waals surface area contributed by atoms with E-state index in [1.165, 1.54) is 24.9 Å². The highest BCUT2D eigenvalue weighted by atomic mass is 79.9. The van der Waals surface area contributed by atoms with E-state index >= 15 is 0 Å². The molecule has 0 saturated heterocycles. The minimum atomic E-state index is -0.672. The van der Waals surface area contributed by atoms with Crippen molar-refractivity contribution in [2.45, 2.75) is 11.0 Å². The van der Waals surface area contributed by atoms with Gasteiger partial charge in [-0.2, -0.15) is 0 Å². The molecule has 0 radical (unpaired) electrons. The molecule has 1 unspecified atom stereocenters. The predicted octanol–water partition coefficient (Wildman–Crippen LogP) is 1.73. The molecule has 0 bridgehead atoms. The molecule has 2 rings (SSSR count). The van der Waals surface area contributed by atoms with Crippen LogP contribution >= 0.6 is 39.3 Å². The van der Waals surface area contributed by atoms with Gasteiger partial charge in [-0.25, -0.2) is 4.79 Å². The number of benzene rings is 1. The van der Waals surface area contributed by atoms with Gasteiger partial charge in [0, 0.05) is 17.8 Å². The van der Waals surface area contributed by atoms with Gasteiger partial charge in [0.15, 0.2) is 0 Å². The fourth-order valence-corrected chi connectivity index (χ4v) is 3.69. The van der Waals surface area contributed by atoms with Gasteiger partial charge in [-0.05, 0) is 22.0 Å². The Bertz CT molecular complexity index is 776. The number of aliphatic hydroxyl groups excluding tert-OH is 1. The molecule has 2 aromatic rings. The van der Waals surface area contributed by atoms with E-state index in [-0.39, 0.29) is 12.0 Å². The van der Waals surface area contributed by atoms with E-state index in [1.807, 2.05) is 0 Å². The van der Waals surface area contributed by atoms with Crippen molar-refractivity contribution in [1.29, 1.82) is 0 Å². The third kappa shape index (κ3) is 3.70. The van der Waals surface area contributed by atoms with Crippen LogP contribution in [0.5, 0.6) is 0 Å². The maximum Gasteiger partial charge on any atom is 0.326 e. The number of thioether (sulfide) groups is 1. The van der Waals surface area contributed by atoms with Crippen molar-refractivity contribution >= 4 is 50.2 Å². The van der Waals surface area contributed by atoms with Gasteiger partial charge < -0.3 is 14.8 Å². The normalized spacial score (nSPS) is 12.8. The smallest absolute Gasteiger partial charge is 0.326 e. The number of hydrogen-bond donors (Lipinski definition) is 3. The first kappa shape index (κ1) is 16.6. The molecule has 0 spiro atoms. The van der Waals surface area contributed by atoms with Crippen molar-refractivity contribution in [1.82, 2.24) is 9.97 Å². The van der Waals surface area contributed by atoms with Gasteiger partial charge in [0.1, 0.15) is 0 Å². The molecule has 3 N–H and O–H groups in total. The first-order chi connectivity index (χ1) is 9.93. The van der Waals surface area contributed by atoms with E-state index < -0.39 is 17.4 Å². The highest BCUT2D eigenvalue weighted by Gasteiger charge is 2.16. The zero-order chi connectivity index (χ0) is 15.6. The minimum absolute atomic E-state index is 0.195. The number of aromatic amines is 2. The Kier molecular flexibility index (Phi) is 5.50. The number of nitrogens with one attached hydrogen (secondary N) is 2. The molecule has 0 amide bonds. The summed E-state index contributed by atoms with van der Waals surface area (Å²) in [5.41, 5.74) is -0.724. The Hall–Kier alpha value is -0.800. The molecule has 9 heteroatoms. The maximum absolute atomic E-state index is 11.8. The number of aliphatic hydroxyl groups is 1. The number of methoxy groups -OCH3 is 1. The van der Waals surface area contributed by atoms with Gasteiger partial charge >= 0.3 is 5.69 Å². The van der Waals surface area contributed by atoms with E-state index in [0.717, 1.165) is 0 Å². The van der Waals surface area contributed by atoms with Crippen LogP contribution in [-0.4, -0.2) is 40.6 Å². The first-order valence-electron chi connectivity index (χ1n) is 5.88. The van der Waals surface area contributed by atoms with Gasteiger partial charge in [-0.3, -0.25) is 9.78 Å². The lowest BCUT2D eigenvalue weighted by Gasteiger charge is -2.12. The van der Waals surface area contributed by atoms with Gasteiger partial charge in [0.2, 0.25) is 0 Å². The summed E-state index contributed by atoms with van der Waals surface area (Å²) in [6.45, 7) is 0.195. The average molecular weight is 396 g/mol. The van der Waals surface area contributed by atoms with Crippen molar-refractivity contribution in [2.24, 2.45) is 0 Å². The van der Waals surface area contributed by atoms with Crippen LogP contribution in [-0.2, 0) is 4.74 Å². The molecule has 1 atom stereocenters. The molecular weight excluding hydrogens is 384 g/mol. The van der Waals surface area contributed by atoms with E-state index in [0.29, 0.717) is 25.7 Å². The van der Waals surface area contributed by atoms with E-state index in [9.17, 15) is 14.7 Å². The largest absolute Gasteiger partial charge is 0.390 e. The standard InChI is InChI=1S/C12H12BrClN2O4S/c1-20-3-5(17)4-21-10-8(13)7(14)2-6-9(10)15-12(19)16-11(6)18/h2,5,17H,3-4H2,1H3,(H2,15,16,18,19). The number of halogens is 2. The Balaban J connectivity index is 2.52. The molecule has 0 aliphatic rings. The van der Waals surface area contributed by atoms with Crippen LogP contribution < -0.4 is 11.2 Å². The lowest BCUT2D eigenvalue weighted by Crippen LogP contribution is -2.22. The summed E-state index contributed by atoms with van der Waals surface area (Å²) < 4.78 is 5.42. The summed E-state index contributed by atoms with van der Waals surface area (Å²) in [7, 11) is 1.50. The van der Waals surface area contributed by atoms with E-state index in [1.54, 1.807) is 0 Å². The Morgan fingerprint density at radius 2 is 2.19 bits per heavy atom. The summed E-state index contributed by atoms with van der Waals surface area (Å²) in [5.74, 6) is 0.330. The van der Waals surface area contributed by atoms with Crippen molar-refractivity contribution in [3.05, 3.63) is 36.4 Å². The number of aromatic nitrogens is 2. The van der Waals surface area contributed by atoms with Crippen LogP contribution in [0.15, 0.2) is 25.0 Å². The summed E-state index contributed by atoms with van der Waals surface area (Å²) in [6.07, 6.45) is -0.672. The Morgan fingerprint density at radius 3 is 2.86 bits per heavy atom. The summed E-state index contributed by atoms with van der Waals surface area (Å²) in [5, 5.41) is 10.4. The second-order valence-corrected chi connectivity index (χ2v) is 6.48. The molecule has 1 aromatic carbocycles. The molecule has 1 heterocycles. The fraction of sp³-hybridized carbons (Fsp3) is 0.333. The monoisotopic (exact) mass is 394 g/mol. The molecule has 6 nitrogen and oxygen atoms in total. The average Bonchev–Trinajstić information content (AvgIpc) is 2.41. The second kappa shape index (κ2) is 6.97. The summed E-state index contributed by atoms with van der Waals surface area (Å²) in [6, 6.07) is 1.48. The first-order valence-corrected chi connectivity index (χ1v) is 8.03. The quantitative estimate of drug-likeness (QED) is 0.670. The number of H-pyrrole nitrogens is 2. The zero-order valence-electron chi connectivity index (χ0n) is 10.9. The maximum atomic E-state index is 11.8. The van der Waals surface area contributed by atoms with Crippen LogP contribution in [0, 0.1) is 0 Å². The van der Waals surface area contributed by atoms with Crippen LogP contribution in [0.25, 0.3) is 10.9 Å². The minimum Gasteiger partial charge on any atom is -0.390 e. The van der Waals surface area contributed by atoms with Crippen LogP contribution in [0.2, 0.25) is 5.02 Å². The third-order valence-corrected chi connectivity index (χ3v) is 5.53. The molecule has 0 fully saturated rings. The lowest BCUT2D eigenvalue weighted by atomic mass is 10.2.